The van der Waals surface area contributed by atoms with Crippen LogP contribution in [-0.2, 0) is 17.5 Å². The third kappa shape index (κ3) is 7.91. The summed E-state index contributed by atoms with van der Waals surface area (Å²) in [5.41, 5.74) is 5.34. The number of nitrogens with zero attached hydrogens (tertiary/aromatic N) is 4. The summed E-state index contributed by atoms with van der Waals surface area (Å²) in [6, 6.07) is 7.70. The van der Waals surface area contributed by atoms with Gasteiger partial charge in [-0.25, -0.2) is 4.98 Å². The molecule has 6 rings (SSSR count). The van der Waals surface area contributed by atoms with Crippen LogP contribution in [0, 0.1) is 11.8 Å². The molecule has 0 bridgehead atoms. The Morgan fingerprint density at radius 1 is 0.980 bits per heavy atom. The fourth-order valence-electron chi connectivity index (χ4n) is 6.25. The first-order chi connectivity index (χ1) is 24.0. The molecule has 264 valence electrons. The van der Waals surface area contributed by atoms with E-state index >= 15 is 0 Å². The van der Waals surface area contributed by atoms with Crippen molar-refractivity contribution in [1.82, 2.24) is 46.0 Å². The van der Waals surface area contributed by atoms with E-state index < -0.39 is 17.8 Å². The number of benzene rings is 1. The number of aromatic amines is 2. The number of amides is 3. The molecule has 13 nitrogen and oxygen atoms in total. The maximum atomic E-state index is 13.8. The summed E-state index contributed by atoms with van der Waals surface area (Å²) in [6.07, 6.45) is 0.978. The van der Waals surface area contributed by atoms with Crippen LogP contribution in [0.4, 0.5) is 18.9 Å². The second-order valence-corrected chi connectivity index (χ2v) is 12.8. The molecule has 0 aliphatic carbocycles. The molecule has 7 N–H and O–H groups in total. The predicted octanol–water partition coefficient (Wildman–Crippen LogP) is 4.01. The van der Waals surface area contributed by atoms with Crippen LogP contribution in [0.3, 0.4) is 0 Å². The molecular weight excluding hydrogens is 677 g/mol. The van der Waals surface area contributed by atoms with Crippen molar-refractivity contribution in [1.29, 1.82) is 0 Å². The predicted molar refractivity (Wildman–Crippen MR) is 179 cm³/mol. The van der Waals surface area contributed by atoms with Gasteiger partial charge in [0.2, 0.25) is 5.91 Å². The number of H-pyrrole nitrogens is 2. The quantitative estimate of drug-likeness (QED) is 0.150. The molecule has 0 spiro atoms. The minimum absolute atomic E-state index is 0.00523. The third-order valence-electron chi connectivity index (χ3n) is 9.03. The van der Waals surface area contributed by atoms with Gasteiger partial charge in [-0.05, 0) is 74.5 Å². The van der Waals surface area contributed by atoms with Gasteiger partial charge in [-0.15, -0.1) is 0 Å². The number of nitrogens with one attached hydrogen (secondary N) is 5. The molecule has 3 aromatic heterocycles. The van der Waals surface area contributed by atoms with E-state index in [9.17, 15) is 27.6 Å². The van der Waals surface area contributed by atoms with Gasteiger partial charge in [0, 0.05) is 32.1 Å². The summed E-state index contributed by atoms with van der Waals surface area (Å²) in [4.78, 5) is 51.3. The fraction of sp³-hybridized carbons (Fsp3) is 0.394. The molecule has 17 heteroatoms. The summed E-state index contributed by atoms with van der Waals surface area (Å²) >= 11 is 6.44. The number of hydrogen-bond donors (Lipinski definition) is 6. The highest BCUT2D eigenvalue weighted by Gasteiger charge is 2.39. The molecule has 0 atom stereocenters. The van der Waals surface area contributed by atoms with Crippen molar-refractivity contribution >= 4 is 35.0 Å². The lowest BCUT2D eigenvalue weighted by Crippen LogP contribution is -2.46. The maximum Gasteiger partial charge on any atom is 0.435 e. The lowest BCUT2D eigenvalue weighted by Gasteiger charge is -2.35. The molecule has 0 saturated carbocycles. The van der Waals surface area contributed by atoms with E-state index in [1.54, 1.807) is 18.2 Å². The van der Waals surface area contributed by atoms with Crippen molar-refractivity contribution in [2.45, 2.75) is 38.4 Å². The highest BCUT2D eigenvalue weighted by atomic mass is 35.5. The van der Waals surface area contributed by atoms with Gasteiger partial charge in [0.15, 0.2) is 11.5 Å². The lowest BCUT2D eigenvalue weighted by atomic mass is 9.92. The van der Waals surface area contributed by atoms with E-state index in [1.165, 1.54) is 18.3 Å². The van der Waals surface area contributed by atoms with E-state index in [-0.39, 0.29) is 69.3 Å². The molecule has 1 aromatic carbocycles. The number of likely N-dealkylation sites (tertiary alicyclic amines) is 1. The van der Waals surface area contributed by atoms with Crippen molar-refractivity contribution in [3.8, 4) is 22.6 Å². The maximum absolute atomic E-state index is 13.8. The summed E-state index contributed by atoms with van der Waals surface area (Å²) in [5.74, 6) is -0.647. The summed E-state index contributed by atoms with van der Waals surface area (Å²) in [5, 5.41) is 14.9. The van der Waals surface area contributed by atoms with Crippen LogP contribution in [0.15, 0.2) is 42.7 Å². The first-order valence-corrected chi connectivity index (χ1v) is 16.6. The third-order valence-corrected chi connectivity index (χ3v) is 9.35. The normalized spacial score (nSPS) is 16.0. The highest BCUT2D eigenvalue weighted by Crippen LogP contribution is 2.40. The first-order valence-electron chi connectivity index (χ1n) is 16.2. The zero-order valence-corrected chi connectivity index (χ0v) is 27.6. The molecule has 2 saturated heterocycles. The number of piperidine rings is 2. The highest BCUT2D eigenvalue weighted by molar-refractivity contribution is 6.33. The number of pyridine rings is 1. The SMILES string of the molecule is Nc1ccc(-c2[nH]nc(C(F)(F)F)c2-c2cnc(C(=O)NCc3ccc(C(=O)NCC4CCN(C(=O)C5CCNCC5)CC4)c(Cl)c3)[nH]2)nc1. The van der Waals surface area contributed by atoms with Crippen LogP contribution in [0.1, 0.15) is 57.9 Å². The number of halogens is 4. The number of rotatable bonds is 9. The Balaban J connectivity index is 1.02. The molecule has 0 unspecified atom stereocenters. The zero-order chi connectivity index (χ0) is 35.4. The minimum atomic E-state index is -4.81. The average Bonchev–Trinajstić information content (AvgIpc) is 3.79. The second kappa shape index (κ2) is 14.9. The smallest absolute Gasteiger partial charge is 0.397 e. The second-order valence-electron chi connectivity index (χ2n) is 12.4. The number of nitrogens with two attached hydrogens (primary N) is 1. The topological polar surface area (TPSA) is 187 Å². The monoisotopic (exact) mass is 712 g/mol. The number of carbonyl (C=O) groups excluding carboxylic acids is 3. The van der Waals surface area contributed by atoms with Gasteiger partial charge < -0.3 is 31.6 Å². The molecular formula is C33H36ClF3N10O3. The Bertz CT molecular complexity index is 1850. The van der Waals surface area contributed by atoms with E-state index in [4.69, 9.17) is 17.3 Å². The van der Waals surface area contributed by atoms with Gasteiger partial charge in [0.1, 0.15) is 0 Å². The van der Waals surface area contributed by atoms with Crippen LogP contribution in [0.2, 0.25) is 5.02 Å². The Morgan fingerprint density at radius 3 is 2.42 bits per heavy atom. The lowest BCUT2D eigenvalue weighted by molar-refractivity contribution is -0.140. The van der Waals surface area contributed by atoms with Crippen LogP contribution >= 0.6 is 11.6 Å². The molecule has 5 heterocycles. The number of aromatic nitrogens is 5. The van der Waals surface area contributed by atoms with Gasteiger partial charge in [0.25, 0.3) is 11.8 Å². The summed E-state index contributed by atoms with van der Waals surface area (Å²) < 4.78 is 41.5. The molecule has 4 aromatic rings. The van der Waals surface area contributed by atoms with Crippen molar-refractivity contribution < 1.29 is 27.6 Å². The number of hydrogen-bond acceptors (Lipinski definition) is 8. The zero-order valence-electron chi connectivity index (χ0n) is 26.9. The molecule has 0 radical (unpaired) electrons. The summed E-state index contributed by atoms with van der Waals surface area (Å²) in [7, 11) is 0. The molecule has 50 heavy (non-hydrogen) atoms. The standard InChI is InChI=1S/C33H36ClF3N10O3/c34-23-13-19(1-3-22(23)30(48)42-14-18-7-11-47(12-8-18)32(50)20-5-9-39-10-6-20)15-43-31(49)29-41-17-25(44-29)26-27(24-4-2-21(38)16-40-24)45-46-28(26)33(35,36)37/h1-4,13,16-18,20,39H,5-12,14-15,38H2,(H,41,44)(H,42,48)(H,43,49)(H,45,46). The summed E-state index contributed by atoms with van der Waals surface area (Å²) in [6.45, 7) is 3.59. The number of carbonyl (C=O) groups is 3. The van der Waals surface area contributed by atoms with Crippen LogP contribution in [-0.4, -0.2) is 80.5 Å². The Hall–Kier alpha value is -4.96. The molecule has 2 aliphatic heterocycles. The van der Waals surface area contributed by atoms with Crippen molar-refractivity contribution in [2.24, 2.45) is 11.8 Å². The van der Waals surface area contributed by atoms with E-state index in [0.29, 0.717) is 30.9 Å². The van der Waals surface area contributed by atoms with Gasteiger partial charge in [0.05, 0.1) is 51.3 Å². The Kier molecular flexibility index (Phi) is 10.4. The van der Waals surface area contributed by atoms with Gasteiger partial charge in [-0.3, -0.25) is 24.5 Å². The fourth-order valence-corrected chi connectivity index (χ4v) is 6.54. The van der Waals surface area contributed by atoms with Crippen molar-refractivity contribution in [3.05, 3.63) is 70.4 Å². The van der Waals surface area contributed by atoms with Crippen LogP contribution < -0.4 is 21.7 Å². The van der Waals surface area contributed by atoms with Crippen LogP contribution in [0.5, 0.6) is 0 Å². The minimum Gasteiger partial charge on any atom is -0.397 e. The van der Waals surface area contributed by atoms with Crippen LogP contribution in [0.25, 0.3) is 22.6 Å². The number of anilines is 1. The first kappa shape index (κ1) is 34.9. The van der Waals surface area contributed by atoms with E-state index in [0.717, 1.165) is 45.0 Å². The molecule has 2 fully saturated rings. The number of imidazole rings is 1. The average molecular weight is 713 g/mol. The van der Waals surface area contributed by atoms with Crippen molar-refractivity contribution in [2.75, 3.05) is 38.5 Å². The van der Waals surface area contributed by atoms with Crippen molar-refractivity contribution in [3.63, 3.8) is 0 Å². The Morgan fingerprint density at radius 2 is 1.74 bits per heavy atom. The molecule has 3 amide bonds. The molecule has 2 aliphatic rings. The largest absolute Gasteiger partial charge is 0.435 e. The van der Waals surface area contributed by atoms with Gasteiger partial charge in [-0.2, -0.15) is 18.3 Å². The number of nitrogen functional groups attached to an aromatic ring is 1. The number of alkyl halides is 3. The van der Waals surface area contributed by atoms with Gasteiger partial charge >= 0.3 is 6.18 Å². The van der Waals surface area contributed by atoms with E-state index in [1.807, 2.05) is 4.90 Å². The Labute approximate surface area is 290 Å². The van der Waals surface area contributed by atoms with E-state index in [2.05, 4.69) is 41.1 Å². The van der Waals surface area contributed by atoms with Gasteiger partial charge in [-0.1, -0.05) is 17.7 Å².